The van der Waals surface area contributed by atoms with Crippen molar-refractivity contribution < 1.29 is 9.53 Å². The molecule has 1 N–H and O–H groups in total. The van der Waals surface area contributed by atoms with Crippen molar-refractivity contribution in [3.8, 4) is 23.1 Å². The average molecular weight is 518 g/mol. The standard InChI is InChI=1S/C27H21Cl2N5O2/c1-34(2)26-19-5-7-31-24(16-10-17(28)12-18(29)11-16)25(19)32-14-21(26)27(35)33-22-6-8-36-23-4-3-15(13-30)9-20(22)23/h3-5,7,9-12,14,22H,6,8H2,1-2H3,(H,33,35)/t22-/m0/s1. The van der Waals surface area contributed by atoms with E-state index in [1.54, 1.807) is 48.8 Å². The number of fused-ring (bicyclic) bond motifs is 2. The Balaban J connectivity index is 1.57. The average Bonchev–Trinajstić information content (AvgIpc) is 2.86. The van der Waals surface area contributed by atoms with Gasteiger partial charge >= 0.3 is 0 Å². The molecule has 0 saturated carbocycles. The molecule has 1 atom stereocenters. The van der Waals surface area contributed by atoms with Crippen LogP contribution in [0.25, 0.3) is 22.2 Å². The molecular weight excluding hydrogens is 497 g/mol. The van der Waals surface area contributed by atoms with Crippen LogP contribution in [0.5, 0.6) is 5.75 Å². The van der Waals surface area contributed by atoms with Gasteiger partial charge in [-0.05, 0) is 42.5 Å². The van der Waals surface area contributed by atoms with E-state index in [2.05, 4.69) is 21.4 Å². The van der Waals surface area contributed by atoms with Gasteiger partial charge in [-0.3, -0.25) is 14.8 Å². The van der Waals surface area contributed by atoms with Crippen molar-refractivity contribution in [1.82, 2.24) is 15.3 Å². The van der Waals surface area contributed by atoms with Crippen molar-refractivity contribution in [2.75, 3.05) is 25.6 Å². The fraction of sp³-hybridized carbons (Fsp3) is 0.185. The van der Waals surface area contributed by atoms with Gasteiger partial charge < -0.3 is 15.0 Å². The number of ether oxygens (including phenoxy) is 1. The molecule has 180 valence electrons. The predicted octanol–water partition coefficient (Wildman–Crippen LogP) is 5.79. The number of hydrogen-bond acceptors (Lipinski definition) is 6. The highest BCUT2D eigenvalue weighted by Crippen LogP contribution is 2.36. The van der Waals surface area contributed by atoms with Crippen molar-refractivity contribution in [2.45, 2.75) is 12.5 Å². The first-order valence-corrected chi connectivity index (χ1v) is 12.0. The molecule has 0 bridgehead atoms. The van der Waals surface area contributed by atoms with Crippen molar-refractivity contribution in [3.05, 3.63) is 81.6 Å². The molecule has 5 rings (SSSR count). The Morgan fingerprint density at radius 2 is 1.92 bits per heavy atom. The Hall–Kier alpha value is -3.86. The van der Waals surface area contributed by atoms with E-state index in [1.165, 1.54) is 0 Å². The molecule has 0 radical (unpaired) electrons. The van der Waals surface area contributed by atoms with E-state index in [1.807, 2.05) is 25.1 Å². The van der Waals surface area contributed by atoms with Crippen LogP contribution >= 0.6 is 23.2 Å². The molecule has 3 heterocycles. The summed E-state index contributed by atoms with van der Waals surface area (Å²) in [5.74, 6) is 0.406. The van der Waals surface area contributed by atoms with Crippen molar-refractivity contribution in [2.24, 2.45) is 0 Å². The number of nitriles is 1. The molecule has 2 aromatic carbocycles. The highest BCUT2D eigenvalue weighted by molar-refractivity contribution is 6.35. The molecule has 36 heavy (non-hydrogen) atoms. The number of hydrogen-bond donors (Lipinski definition) is 1. The number of halogens is 2. The van der Waals surface area contributed by atoms with Gasteiger partial charge in [0.15, 0.2) is 0 Å². The van der Waals surface area contributed by atoms with Crippen LogP contribution in [-0.4, -0.2) is 36.6 Å². The van der Waals surface area contributed by atoms with Crippen LogP contribution in [0.15, 0.2) is 54.9 Å². The summed E-state index contributed by atoms with van der Waals surface area (Å²) in [4.78, 5) is 24.6. The normalized spacial score (nSPS) is 14.5. The topological polar surface area (TPSA) is 91.1 Å². The molecule has 4 aromatic rings. The second kappa shape index (κ2) is 9.65. The number of rotatable bonds is 4. The molecule has 7 nitrogen and oxygen atoms in total. The van der Waals surface area contributed by atoms with E-state index < -0.39 is 0 Å². The van der Waals surface area contributed by atoms with Gasteiger partial charge in [0, 0.05) is 59.5 Å². The minimum Gasteiger partial charge on any atom is -0.493 e. The maximum atomic E-state index is 13.6. The number of benzene rings is 2. The lowest BCUT2D eigenvalue weighted by Crippen LogP contribution is -2.33. The van der Waals surface area contributed by atoms with Crippen LogP contribution < -0.4 is 15.0 Å². The Labute approximate surface area is 218 Å². The lowest BCUT2D eigenvalue weighted by Gasteiger charge is -2.28. The molecule has 0 spiro atoms. The summed E-state index contributed by atoms with van der Waals surface area (Å²) in [5, 5.41) is 14.2. The fourth-order valence-electron chi connectivity index (χ4n) is 4.51. The summed E-state index contributed by atoms with van der Waals surface area (Å²) >= 11 is 12.5. The molecule has 1 amide bonds. The molecule has 0 saturated heterocycles. The van der Waals surface area contributed by atoms with Crippen molar-refractivity contribution >= 4 is 45.7 Å². The Kier molecular flexibility index (Phi) is 6.40. The van der Waals surface area contributed by atoms with Crippen LogP contribution in [0.4, 0.5) is 5.69 Å². The monoisotopic (exact) mass is 517 g/mol. The number of carbonyl (C=O) groups is 1. The first-order chi connectivity index (χ1) is 17.4. The van der Waals surface area contributed by atoms with Gasteiger partial charge in [-0.15, -0.1) is 0 Å². The second-order valence-corrected chi connectivity index (χ2v) is 9.53. The highest BCUT2D eigenvalue weighted by atomic mass is 35.5. The molecule has 0 aliphatic carbocycles. The first kappa shape index (κ1) is 23.9. The molecule has 2 aromatic heterocycles. The van der Waals surface area contributed by atoms with E-state index in [9.17, 15) is 10.1 Å². The zero-order valence-electron chi connectivity index (χ0n) is 19.5. The van der Waals surface area contributed by atoms with E-state index in [0.717, 1.165) is 16.5 Å². The van der Waals surface area contributed by atoms with Gasteiger partial charge in [0.2, 0.25) is 0 Å². The predicted molar refractivity (Wildman–Crippen MR) is 141 cm³/mol. The smallest absolute Gasteiger partial charge is 0.255 e. The zero-order chi connectivity index (χ0) is 25.4. The van der Waals surface area contributed by atoms with E-state index in [0.29, 0.717) is 56.8 Å². The Bertz CT molecular complexity index is 1530. The number of aromatic nitrogens is 2. The van der Waals surface area contributed by atoms with Gasteiger partial charge in [0.25, 0.3) is 5.91 Å². The summed E-state index contributed by atoms with van der Waals surface area (Å²) in [6.45, 7) is 0.470. The van der Waals surface area contributed by atoms with Crippen LogP contribution in [0.2, 0.25) is 10.0 Å². The van der Waals surface area contributed by atoms with Crippen LogP contribution in [-0.2, 0) is 0 Å². The van der Waals surface area contributed by atoms with Gasteiger partial charge in [-0.25, -0.2) is 0 Å². The van der Waals surface area contributed by atoms with Crippen LogP contribution in [0.3, 0.4) is 0 Å². The number of amides is 1. The number of carbonyl (C=O) groups excluding carboxylic acids is 1. The number of nitrogens with zero attached hydrogens (tertiary/aromatic N) is 4. The summed E-state index contributed by atoms with van der Waals surface area (Å²) < 4.78 is 5.73. The molecular formula is C27H21Cl2N5O2. The minimum atomic E-state index is -0.290. The molecule has 9 heteroatoms. The lowest BCUT2D eigenvalue weighted by molar-refractivity contribution is 0.0925. The number of nitrogens with one attached hydrogen (secondary N) is 1. The van der Waals surface area contributed by atoms with Crippen molar-refractivity contribution in [1.29, 1.82) is 5.26 Å². The summed E-state index contributed by atoms with van der Waals surface area (Å²) in [7, 11) is 3.76. The number of pyridine rings is 2. The van der Waals surface area contributed by atoms with Gasteiger partial charge in [0.05, 0.1) is 46.7 Å². The maximum absolute atomic E-state index is 13.6. The zero-order valence-corrected chi connectivity index (χ0v) is 21.1. The molecule has 1 aliphatic rings. The van der Waals surface area contributed by atoms with Crippen LogP contribution in [0, 0.1) is 11.3 Å². The van der Waals surface area contributed by atoms with E-state index in [-0.39, 0.29) is 11.9 Å². The highest BCUT2D eigenvalue weighted by Gasteiger charge is 2.26. The molecule has 0 fully saturated rings. The quantitative estimate of drug-likeness (QED) is 0.368. The third-order valence-electron chi connectivity index (χ3n) is 6.07. The third-order valence-corrected chi connectivity index (χ3v) is 6.51. The Morgan fingerprint density at radius 1 is 1.14 bits per heavy atom. The fourth-order valence-corrected chi connectivity index (χ4v) is 5.04. The number of anilines is 1. The van der Waals surface area contributed by atoms with Gasteiger partial charge in [-0.1, -0.05) is 23.2 Å². The van der Waals surface area contributed by atoms with Gasteiger partial charge in [0.1, 0.15) is 5.75 Å². The summed E-state index contributed by atoms with van der Waals surface area (Å²) in [5.41, 5.74) is 4.44. The van der Waals surface area contributed by atoms with Gasteiger partial charge in [-0.2, -0.15) is 5.26 Å². The maximum Gasteiger partial charge on any atom is 0.255 e. The first-order valence-electron chi connectivity index (χ1n) is 11.2. The van der Waals surface area contributed by atoms with Crippen molar-refractivity contribution in [3.63, 3.8) is 0 Å². The molecule has 1 aliphatic heterocycles. The Morgan fingerprint density at radius 3 is 2.64 bits per heavy atom. The SMILES string of the molecule is CN(C)c1c(C(=O)N[C@H]2CCOc3ccc(C#N)cc32)cnc2c(-c3cc(Cl)cc(Cl)c3)nccc12. The molecule has 0 unspecified atom stereocenters. The van der Waals surface area contributed by atoms with E-state index >= 15 is 0 Å². The van der Waals surface area contributed by atoms with Crippen LogP contribution in [0.1, 0.15) is 33.9 Å². The largest absolute Gasteiger partial charge is 0.493 e. The lowest BCUT2D eigenvalue weighted by atomic mass is 9.97. The minimum absolute atomic E-state index is 0.266. The second-order valence-electron chi connectivity index (χ2n) is 8.66. The van der Waals surface area contributed by atoms with E-state index in [4.69, 9.17) is 27.9 Å². The third kappa shape index (κ3) is 4.41. The summed E-state index contributed by atoms with van der Waals surface area (Å²) in [6.07, 6.45) is 3.84. The summed E-state index contributed by atoms with van der Waals surface area (Å²) in [6, 6.07) is 14.2.